The zero-order chi connectivity index (χ0) is 37.0. The van der Waals surface area contributed by atoms with E-state index >= 15 is 0 Å². The lowest BCUT2D eigenvalue weighted by atomic mass is 9.95. The van der Waals surface area contributed by atoms with Gasteiger partial charge in [0.15, 0.2) is 0 Å². The molecule has 1 aliphatic rings. The number of amidine groups is 1. The first-order valence-electron chi connectivity index (χ1n) is 17.7. The fraction of sp³-hybridized carbons (Fsp3) is 0.368. The fourth-order valence-corrected chi connectivity index (χ4v) is 6.97. The topological polar surface area (TPSA) is 175 Å². The van der Waals surface area contributed by atoms with E-state index in [2.05, 4.69) is 140 Å². The Hall–Kier alpha value is -4.32. The van der Waals surface area contributed by atoms with Gasteiger partial charge in [-0.1, -0.05) is 90.5 Å². The fourth-order valence-electron chi connectivity index (χ4n) is 6.97. The van der Waals surface area contributed by atoms with Crippen molar-refractivity contribution >= 4 is 22.5 Å². The smallest absolute Gasteiger partial charge is 0.227 e. The van der Waals surface area contributed by atoms with Crippen molar-refractivity contribution in [2.75, 3.05) is 33.7 Å². The number of aryl methyl sites for hydroxylation is 2. The first-order valence-corrected chi connectivity index (χ1v) is 17.7. The zero-order valence-corrected chi connectivity index (χ0v) is 30.9. The second kappa shape index (κ2) is 19.0. The number of nitrogens with two attached hydrogens (primary N) is 2. The molecule has 0 saturated carbocycles. The molecule has 0 radical (unpaired) electrons. The number of rotatable bonds is 17. The number of hydrogen-bond acceptors (Lipinski definition) is 12. The largest absolute Gasteiger partial charge is 0.384 e. The van der Waals surface area contributed by atoms with Gasteiger partial charge in [0.05, 0.1) is 6.42 Å². The van der Waals surface area contributed by atoms with Crippen molar-refractivity contribution in [3.63, 3.8) is 0 Å². The molecule has 14 heteroatoms. The number of benzene rings is 4. The maximum Gasteiger partial charge on any atom is 0.227 e. The van der Waals surface area contributed by atoms with Gasteiger partial charge in [-0.05, 0) is 66.6 Å². The number of nitrogens with zero attached hydrogens (tertiary/aromatic N) is 4. The van der Waals surface area contributed by atoms with Crippen molar-refractivity contribution in [3.05, 3.63) is 118 Å². The van der Waals surface area contributed by atoms with Crippen LogP contribution in [0.5, 0.6) is 0 Å². The molecule has 3 atom stereocenters. The van der Waals surface area contributed by atoms with E-state index in [1.807, 2.05) is 31.3 Å². The van der Waals surface area contributed by atoms with Crippen molar-refractivity contribution in [2.24, 2.45) is 16.6 Å². The zero-order valence-electron chi connectivity index (χ0n) is 30.9. The molecule has 0 aromatic heterocycles. The summed E-state index contributed by atoms with van der Waals surface area (Å²) in [5, 5.41) is 4.39. The SMILES string of the molecule is C/N=C(\N)c1ccc(C[C@H]2CN(C(=O)Cc3ccc4ccccc4c3)[C@H](C)CN2C[C@@H](Cc2ccc(C)cc2C)N(C)NNNNNNNN)cc1. The van der Waals surface area contributed by atoms with Gasteiger partial charge in [0.25, 0.3) is 0 Å². The van der Waals surface area contributed by atoms with Crippen molar-refractivity contribution in [1.29, 1.82) is 0 Å². The van der Waals surface area contributed by atoms with Gasteiger partial charge < -0.3 is 10.6 Å². The second-order valence-corrected chi connectivity index (χ2v) is 13.7. The van der Waals surface area contributed by atoms with Crippen LogP contribution in [0.3, 0.4) is 0 Å². The van der Waals surface area contributed by atoms with Crippen LogP contribution in [0.15, 0.2) is 89.9 Å². The van der Waals surface area contributed by atoms with Gasteiger partial charge in [-0.3, -0.25) is 20.5 Å². The highest BCUT2D eigenvalue weighted by Crippen LogP contribution is 2.24. The first kappa shape index (κ1) is 38.9. The van der Waals surface area contributed by atoms with Crippen LogP contribution in [0.1, 0.15) is 40.3 Å². The van der Waals surface area contributed by atoms with Crippen LogP contribution in [0.2, 0.25) is 0 Å². The van der Waals surface area contributed by atoms with Crippen LogP contribution in [0.4, 0.5) is 0 Å². The molecule has 0 bridgehead atoms. The van der Waals surface area contributed by atoms with E-state index < -0.39 is 0 Å². The number of carbonyl (C=O) groups is 1. The Morgan fingerprint density at radius 2 is 1.62 bits per heavy atom. The van der Waals surface area contributed by atoms with Crippen molar-refractivity contribution in [1.82, 2.24) is 53.6 Å². The van der Waals surface area contributed by atoms with Crippen LogP contribution >= 0.6 is 0 Å². The minimum atomic E-state index is 0.0332. The summed E-state index contributed by atoms with van der Waals surface area (Å²) >= 11 is 0. The van der Waals surface area contributed by atoms with Gasteiger partial charge in [-0.2, -0.15) is 38.7 Å². The minimum absolute atomic E-state index is 0.0332. The normalized spacial score (nSPS) is 17.6. The van der Waals surface area contributed by atoms with Crippen molar-refractivity contribution in [3.8, 4) is 0 Å². The number of carbonyl (C=O) groups excluding carboxylic acids is 1. The molecule has 4 aromatic carbocycles. The Morgan fingerprint density at radius 3 is 2.35 bits per heavy atom. The number of fused-ring (bicyclic) bond motifs is 1. The standard InChI is InChI=1S/C38H55N13O/c1-26-10-14-33(27(2)18-26)22-35(49(5)48-47-46-45-44-43-42-40)24-50-23-28(3)51(25-36(50)20-29-11-16-32(17-12-29)38(39)41-4)37(52)21-30-13-15-31-8-6-7-9-34(31)19-30/h6-19,28,35-36,42-48H,20-25,40H2,1-5H3,(H2,39,41)/t28-,35-,36+/m1/s1. The number of hydrogen-bond donors (Lipinski definition) is 9. The van der Waals surface area contributed by atoms with Gasteiger partial charge in [0.1, 0.15) is 5.84 Å². The predicted octanol–water partition coefficient (Wildman–Crippen LogP) is 1.43. The highest BCUT2D eigenvalue weighted by Gasteiger charge is 2.36. The molecule has 1 saturated heterocycles. The average molecular weight is 710 g/mol. The van der Waals surface area contributed by atoms with Crippen LogP contribution in [-0.4, -0.2) is 78.4 Å². The predicted molar refractivity (Wildman–Crippen MR) is 208 cm³/mol. The molecular weight excluding hydrogens is 655 g/mol. The molecule has 0 aliphatic carbocycles. The van der Waals surface area contributed by atoms with E-state index in [1.165, 1.54) is 27.6 Å². The number of aliphatic imine (C=N–C) groups is 1. The molecule has 1 heterocycles. The summed E-state index contributed by atoms with van der Waals surface area (Å²) in [6, 6.07) is 29.7. The Bertz CT molecular complexity index is 1780. The molecule has 1 fully saturated rings. The van der Waals surface area contributed by atoms with E-state index in [-0.39, 0.29) is 24.0 Å². The molecule has 1 aliphatic heterocycles. The molecule has 4 aromatic rings. The maximum atomic E-state index is 14.0. The van der Waals surface area contributed by atoms with Gasteiger partial charge in [-0.25, -0.2) is 5.01 Å². The van der Waals surface area contributed by atoms with Crippen molar-refractivity contribution in [2.45, 2.75) is 58.2 Å². The van der Waals surface area contributed by atoms with E-state index in [4.69, 9.17) is 11.6 Å². The summed E-state index contributed by atoms with van der Waals surface area (Å²) in [6.45, 7) is 8.59. The Kier molecular flexibility index (Phi) is 14.2. The van der Waals surface area contributed by atoms with Gasteiger partial charge in [-0.15, -0.1) is 0 Å². The van der Waals surface area contributed by atoms with Crippen LogP contribution in [0, 0.1) is 13.8 Å². The third-order valence-corrected chi connectivity index (χ3v) is 9.91. The first-order chi connectivity index (χ1) is 25.1. The maximum absolute atomic E-state index is 14.0. The molecule has 1 amide bonds. The molecule has 11 N–H and O–H groups in total. The molecule has 14 nitrogen and oxygen atoms in total. The lowest BCUT2D eigenvalue weighted by Crippen LogP contribution is -2.66. The lowest BCUT2D eigenvalue weighted by molar-refractivity contribution is -0.137. The second-order valence-electron chi connectivity index (χ2n) is 13.7. The number of piperazine rings is 1. The Morgan fingerprint density at radius 1 is 0.904 bits per heavy atom. The molecule has 5 rings (SSSR count). The van der Waals surface area contributed by atoms with Crippen LogP contribution in [0.25, 0.3) is 10.8 Å². The number of nitrogens with one attached hydrogen (secondary N) is 7. The van der Waals surface area contributed by atoms with Crippen LogP contribution < -0.4 is 50.3 Å². The number of amides is 1. The highest BCUT2D eigenvalue weighted by molar-refractivity contribution is 5.97. The molecule has 0 unspecified atom stereocenters. The highest BCUT2D eigenvalue weighted by atomic mass is 16.2. The van der Waals surface area contributed by atoms with Crippen LogP contribution in [-0.2, 0) is 24.1 Å². The molecule has 278 valence electrons. The number of hydrazine groups is 8. The van der Waals surface area contributed by atoms with Gasteiger partial charge >= 0.3 is 0 Å². The minimum Gasteiger partial charge on any atom is -0.384 e. The van der Waals surface area contributed by atoms with E-state index in [9.17, 15) is 4.79 Å². The molecule has 52 heavy (non-hydrogen) atoms. The third kappa shape index (κ3) is 10.6. The van der Waals surface area contributed by atoms with E-state index in [1.54, 1.807) is 7.05 Å². The molecular formula is C38H55N13O. The summed E-state index contributed by atoms with van der Waals surface area (Å²) in [5.41, 5.74) is 32.1. The quantitative estimate of drug-likeness (QED) is 0.0254. The summed E-state index contributed by atoms with van der Waals surface area (Å²) < 4.78 is 0. The monoisotopic (exact) mass is 709 g/mol. The number of likely N-dealkylation sites (N-methyl/N-ethyl adjacent to an activating group) is 1. The summed E-state index contributed by atoms with van der Waals surface area (Å²) in [4.78, 5) is 22.8. The third-order valence-electron chi connectivity index (χ3n) is 9.91. The Labute approximate surface area is 307 Å². The lowest BCUT2D eigenvalue weighted by Gasteiger charge is -2.47. The summed E-state index contributed by atoms with van der Waals surface area (Å²) in [7, 11) is 3.72. The summed E-state index contributed by atoms with van der Waals surface area (Å²) in [5.74, 6) is 5.87. The van der Waals surface area contributed by atoms with E-state index in [0.29, 0.717) is 18.8 Å². The molecule has 0 spiro atoms. The average Bonchev–Trinajstić information content (AvgIpc) is 3.14. The summed E-state index contributed by atoms with van der Waals surface area (Å²) in [6.07, 6.45) is 1.96. The van der Waals surface area contributed by atoms with E-state index in [0.717, 1.165) is 42.4 Å². The van der Waals surface area contributed by atoms with Gasteiger partial charge in [0, 0.05) is 57.4 Å². The van der Waals surface area contributed by atoms with Crippen molar-refractivity contribution < 1.29 is 4.79 Å². The Balaban J connectivity index is 1.37. The van der Waals surface area contributed by atoms with Gasteiger partial charge in [0.2, 0.25) is 5.91 Å².